The minimum atomic E-state index is -0.0806. The van der Waals surface area contributed by atoms with Crippen molar-refractivity contribution in [2.75, 3.05) is 6.61 Å². The smallest absolute Gasteiger partial charge is 0.258 e. The van der Waals surface area contributed by atoms with Gasteiger partial charge in [-0.2, -0.15) is 5.10 Å². The molecule has 1 aromatic heterocycles. The molecular weight excluding hydrogens is 218 g/mol. The summed E-state index contributed by atoms with van der Waals surface area (Å²) in [6.45, 7) is 6.95. The van der Waals surface area contributed by atoms with E-state index in [0.29, 0.717) is 5.75 Å². The van der Waals surface area contributed by atoms with Crippen molar-refractivity contribution in [3.05, 3.63) is 12.4 Å². The molecule has 17 heavy (non-hydrogen) atoms. The molecule has 1 heterocycles. The Morgan fingerprint density at radius 2 is 2.18 bits per heavy atom. The molecule has 0 fully saturated rings. The predicted molar refractivity (Wildman–Crippen MR) is 65.9 cm³/mol. The summed E-state index contributed by atoms with van der Waals surface area (Å²) in [4.78, 5) is 11.6. The van der Waals surface area contributed by atoms with E-state index in [1.54, 1.807) is 17.1 Å². The van der Waals surface area contributed by atoms with Crippen LogP contribution in [0.25, 0.3) is 0 Å². The van der Waals surface area contributed by atoms with E-state index in [2.05, 4.69) is 24.3 Å². The molecule has 96 valence electrons. The summed E-state index contributed by atoms with van der Waals surface area (Å²) in [5, 5.41) is 6.98. The van der Waals surface area contributed by atoms with Crippen LogP contribution in [0.5, 0.6) is 5.75 Å². The summed E-state index contributed by atoms with van der Waals surface area (Å²) >= 11 is 0. The maximum absolute atomic E-state index is 11.6. The van der Waals surface area contributed by atoms with Gasteiger partial charge in [0.25, 0.3) is 5.91 Å². The first kappa shape index (κ1) is 13.5. The molecule has 0 spiro atoms. The highest BCUT2D eigenvalue weighted by Gasteiger charge is 2.09. The first-order valence-electron chi connectivity index (χ1n) is 6.14. The van der Waals surface area contributed by atoms with Gasteiger partial charge in [-0.1, -0.05) is 13.8 Å². The molecule has 1 N–H and O–H groups in total. The molecule has 5 heteroatoms. The van der Waals surface area contributed by atoms with E-state index < -0.39 is 0 Å². The van der Waals surface area contributed by atoms with Gasteiger partial charge in [0.1, 0.15) is 0 Å². The number of nitrogens with zero attached hydrogens (tertiary/aromatic N) is 2. The topological polar surface area (TPSA) is 56.1 Å². The highest BCUT2D eigenvalue weighted by molar-refractivity contribution is 5.77. The average Bonchev–Trinajstić information content (AvgIpc) is 2.81. The standard InChI is InChI=1S/C12H21N3O2/c1-4-10(5-2)14-12(16)9-17-11-7-13-15(6-3)8-11/h7-8,10H,4-6,9H2,1-3H3,(H,14,16). The summed E-state index contributed by atoms with van der Waals surface area (Å²) in [7, 11) is 0. The summed E-state index contributed by atoms with van der Waals surface area (Å²) in [6.07, 6.45) is 5.28. The Balaban J connectivity index is 2.32. The van der Waals surface area contributed by atoms with Crippen molar-refractivity contribution >= 4 is 5.91 Å². The van der Waals surface area contributed by atoms with E-state index in [-0.39, 0.29) is 18.6 Å². The van der Waals surface area contributed by atoms with Crippen LogP contribution >= 0.6 is 0 Å². The molecule has 0 aliphatic carbocycles. The number of carbonyl (C=O) groups is 1. The highest BCUT2D eigenvalue weighted by atomic mass is 16.5. The van der Waals surface area contributed by atoms with Crippen LogP contribution < -0.4 is 10.1 Å². The summed E-state index contributed by atoms with van der Waals surface area (Å²) in [5.41, 5.74) is 0. The summed E-state index contributed by atoms with van der Waals surface area (Å²) in [5.74, 6) is 0.550. The Hall–Kier alpha value is -1.52. The van der Waals surface area contributed by atoms with Gasteiger partial charge in [-0.25, -0.2) is 0 Å². The predicted octanol–water partition coefficient (Wildman–Crippen LogP) is 1.59. The van der Waals surface area contributed by atoms with Crippen LogP contribution in [-0.2, 0) is 11.3 Å². The van der Waals surface area contributed by atoms with Crippen LogP contribution in [0.1, 0.15) is 33.6 Å². The molecule has 1 amide bonds. The zero-order valence-electron chi connectivity index (χ0n) is 10.8. The number of aryl methyl sites for hydroxylation is 1. The molecule has 0 atom stereocenters. The number of nitrogens with one attached hydrogen (secondary N) is 1. The van der Waals surface area contributed by atoms with E-state index in [1.807, 2.05) is 6.92 Å². The van der Waals surface area contributed by atoms with Gasteiger partial charge in [-0.15, -0.1) is 0 Å². The van der Waals surface area contributed by atoms with Crippen molar-refractivity contribution in [2.45, 2.75) is 46.2 Å². The second-order valence-corrected chi connectivity index (χ2v) is 3.90. The lowest BCUT2D eigenvalue weighted by atomic mass is 10.2. The lowest BCUT2D eigenvalue weighted by Crippen LogP contribution is -2.37. The van der Waals surface area contributed by atoms with Crippen LogP contribution in [0.4, 0.5) is 0 Å². The van der Waals surface area contributed by atoms with Gasteiger partial charge in [0.15, 0.2) is 12.4 Å². The lowest BCUT2D eigenvalue weighted by Gasteiger charge is -2.14. The van der Waals surface area contributed by atoms with Gasteiger partial charge in [-0.05, 0) is 19.8 Å². The molecule has 1 rings (SSSR count). The third-order valence-corrected chi connectivity index (χ3v) is 2.65. The first-order valence-corrected chi connectivity index (χ1v) is 6.14. The largest absolute Gasteiger partial charge is 0.480 e. The third kappa shape index (κ3) is 4.46. The number of hydrogen-bond acceptors (Lipinski definition) is 3. The van der Waals surface area contributed by atoms with E-state index >= 15 is 0 Å². The third-order valence-electron chi connectivity index (χ3n) is 2.65. The molecule has 0 saturated carbocycles. The lowest BCUT2D eigenvalue weighted by molar-refractivity contribution is -0.123. The Labute approximate surface area is 102 Å². The Bertz CT molecular complexity index is 345. The average molecular weight is 239 g/mol. The second-order valence-electron chi connectivity index (χ2n) is 3.90. The Morgan fingerprint density at radius 3 is 2.71 bits per heavy atom. The van der Waals surface area contributed by atoms with Crippen LogP contribution in [-0.4, -0.2) is 28.3 Å². The van der Waals surface area contributed by atoms with Crippen molar-refractivity contribution in [3.63, 3.8) is 0 Å². The number of amides is 1. The Morgan fingerprint density at radius 1 is 1.47 bits per heavy atom. The molecule has 1 aromatic rings. The second kappa shape index (κ2) is 6.93. The van der Waals surface area contributed by atoms with Crippen LogP contribution in [0, 0.1) is 0 Å². The number of rotatable bonds is 7. The molecule has 0 aromatic carbocycles. The van der Waals surface area contributed by atoms with Crippen molar-refractivity contribution < 1.29 is 9.53 Å². The molecule has 0 saturated heterocycles. The van der Waals surface area contributed by atoms with Crippen molar-refractivity contribution in [2.24, 2.45) is 0 Å². The molecule has 0 unspecified atom stereocenters. The van der Waals surface area contributed by atoms with Gasteiger partial charge in [0, 0.05) is 12.6 Å². The highest BCUT2D eigenvalue weighted by Crippen LogP contribution is 2.07. The minimum Gasteiger partial charge on any atom is -0.480 e. The monoisotopic (exact) mass is 239 g/mol. The normalized spacial score (nSPS) is 10.6. The first-order chi connectivity index (χ1) is 8.19. The van der Waals surface area contributed by atoms with Crippen molar-refractivity contribution in [1.29, 1.82) is 0 Å². The number of aromatic nitrogens is 2. The molecular formula is C12H21N3O2. The van der Waals surface area contributed by atoms with Crippen molar-refractivity contribution in [3.8, 4) is 5.75 Å². The van der Waals surface area contributed by atoms with Crippen LogP contribution in [0.15, 0.2) is 12.4 Å². The fraction of sp³-hybridized carbons (Fsp3) is 0.667. The van der Waals surface area contributed by atoms with Gasteiger partial charge in [0.05, 0.1) is 12.4 Å². The fourth-order valence-corrected chi connectivity index (χ4v) is 1.50. The molecule has 0 radical (unpaired) electrons. The molecule has 5 nitrogen and oxygen atoms in total. The van der Waals surface area contributed by atoms with E-state index in [9.17, 15) is 4.79 Å². The number of hydrogen-bond donors (Lipinski definition) is 1. The fourth-order valence-electron chi connectivity index (χ4n) is 1.50. The molecule has 0 bridgehead atoms. The van der Waals surface area contributed by atoms with Crippen LogP contribution in [0.3, 0.4) is 0 Å². The van der Waals surface area contributed by atoms with E-state index in [4.69, 9.17) is 4.74 Å². The zero-order valence-corrected chi connectivity index (χ0v) is 10.8. The molecule has 0 aliphatic rings. The quantitative estimate of drug-likeness (QED) is 0.786. The van der Waals surface area contributed by atoms with Crippen molar-refractivity contribution in [1.82, 2.24) is 15.1 Å². The zero-order chi connectivity index (χ0) is 12.7. The number of carbonyl (C=O) groups excluding carboxylic acids is 1. The SMILES string of the molecule is CCC(CC)NC(=O)COc1cnn(CC)c1. The summed E-state index contributed by atoms with van der Waals surface area (Å²) < 4.78 is 7.10. The maximum Gasteiger partial charge on any atom is 0.258 e. The molecule has 0 aliphatic heterocycles. The Kier molecular flexibility index (Phi) is 5.52. The van der Waals surface area contributed by atoms with E-state index in [1.165, 1.54) is 0 Å². The van der Waals surface area contributed by atoms with Gasteiger partial charge in [-0.3, -0.25) is 9.48 Å². The number of ether oxygens (including phenoxy) is 1. The van der Waals surface area contributed by atoms with E-state index in [0.717, 1.165) is 19.4 Å². The maximum atomic E-state index is 11.6. The minimum absolute atomic E-state index is 0.0475. The summed E-state index contributed by atoms with van der Waals surface area (Å²) in [6, 6.07) is 0.240. The van der Waals surface area contributed by atoms with Crippen LogP contribution in [0.2, 0.25) is 0 Å². The van der Waals surface area contributed by atoms with Gasteiger partial charge in [0.2, 0.25) is 0 Å². The van der Waals surface area contributed by atoms with Gasteiger partial charge < -0.3 is 10.1 Å². The van der Waals surface area contributed by atoms with Gasteiger partial charge >= 0.3 is 0 Å².